The minimum atomic E-state index is -1.08. The third-order valence-electron chi connectivity index (χ3n) is 1.88. The number of methoxy groups -OCH3 is 1. The minimum absolute atomic E-state index is 0.0530. The van der Waals surface area contributed by atoms with Crippen LogP contribution in [0.25, 0.3) is 0 Å². The largest absolute Gasteiger partial charge is 0.463 e. The van der Waals surface area contributed by atoms with Crippen molar-refractivity contribution in [1.82, 2.24) is 0 Å². The first-order valence-electron chi connectivity index (χ1n) is 4.44. The molecule has 0 saturated heterocycles. The SMILES string of the molecule is COC(=O)C(=O)CC(=O)c1cccc(F)c1. The van der Waals surface area contributed by atoms with Crippen molar-refractivity contribution in [1.29, 1.82) is 0 Å². The summed E-state index contributed by atoms with van der Waals surface area (Å²) in [6, 6.07) is 4.91. The summed E-state index contributed by atoms with van der Waals surface area (Å²) in [5.41, 5.74) is 0.0530. The third kappa shape index (κ3) is 2.98. The molecule has 16 heavy (non-hydrogen) atoms. The molecule has 0 fully saturated rings. The zero-order chi connectivity index (χ0) is 12.1. The lowest BCUT2D eigenvalue weighted by Gasteiger charge is -1.99. The van der Waals surface area contributed by atoms with E-state index >= 15 is 0 Å². The molecule has 0 aromatic heterocycles. The number of benzene rings is 1. The molecule has 0 spiro atoms. The van der Waals surface area contributed by atoms with Crippen molar-refractivity contribution in [2.75, 3.05) is 7.11 Å². The monoisotopic (exact) mass is 224 g/mol. The molecule has 0 atom stereocenters. The van der Waals surface area contributed by atoms with Crippen LogP contribution < -0.4 is 0 Å². The molecule has 5 heteroatoms. The molecule has 0 aliphatic rings. The fourth-order valence-corrected chi connectivity index (χ4v) is 1.10. The fraction of sp³-hybridized carbons (Fsp3) is 0.182. The maximum atomic E-state index is 12.8. The van der Waals surface area contributed by atoms with Crippen LogP contribution in [0.5, 0.6) is 0 Å². The van der Waals surface area contributed by atoms with E-state index in [1.807, 2.05) is 0 Å². The van der Waals surface area contributed by atoms with E-state index in [-0.39, 0.29) is 5.56 Å². The highest BCUT2D eigenvalue weighted by atomic mass is 19.1. The van der Waals surface area contributed by atoms with Crippen molar-refractivity contribution < 1.29 is 23.5 Å². The van der Waals surface area contributed by atoms with Crippen LogP contribution >= 0.6 is 0 Å². The molecule has 0 heterocycles. The number of rotatable bonds is 4. The smallest absolute Gasteiger partial charge is 0.374 e. The number of esters is 1. The number of ether oxygens (including phenoxy) is 1. The zero-order valence-corrected chi connectivity index (χ0v) is 8.53. The normalized spacial score (nSPS) is 9.62. The van der Waals surface area contributed by atoms with Gasteiger partial charge in [-0.2, -0.15) is 0 Å². The average Bonchev–Trinajstić information content (AvgIpc) is 2.27. The van der Waals surface area contributed by atoms with Gasteiger partial charge in [-0.05, 0) is 12.1 Å². The van der Waals surface area contributed by atoms with Crippen LogP contribution in [-0.2, 0) is 14.3 Å². The Hall–Kier alpha value is -2.04. The second-order valence-corrected chi connectivity index (χ2v) is 3.03. The average molecular weight is 224 g/mol. The van der Waals surface area contributed by atoms with Gasteiger partial charge >= 0.3 is 5.97 Å². The molecule has 0 radical (unpaired) electrons. The first-order valence-corrected chi connectivity index (χ1v) is 4.44. The second kappa shape index (κ2) is 5.16. The van der Waals surface area contributed by atoms with Gasteiger partial charge < -0.3 is 4.74 Å². The minimum Gasteiger partial charge on any atom is -0.463 e. The molecule has 1 rings (SSSR count). The predicted molar refractivity (Wildman–Crippen MR) is 52.4 cm³/mol. The van der Waals surface area contributed by atoms with E-state index in [0.717, 1.165) is 13.2 Å². The van der Waals surface area contributed by atoms with Crippen LogP contribution in [0.3, 0.4) is 0 Å². The van der Waals surface area contributed by atoms with E-state index in [4.69, 9.17) is 0 Å². The van der Waals surface area contributed by atoms with Crippen LogP contribution in [0.2, 0.25) is 0 Å². The van der Waals surface area contributed by atoms with Crippen LogP contribution in [0, 0.1) is 5.82 Å². The Morgan fingerprint density at radius 1 is 1.31 bits per heavy atom. The van der Waals surface area contributed by atoms with Crippen LogP contribution in [0.15, 0.2) is 24.3 Å². The zero-order valence-electron chi connectivity index (χ0n) is 8.53. The summed E-state index contributed by atoms with van der Waals surface area (Å²) >= 11 is 0. The number of carbonyl (C=O) groups excluding carboxylic acids is 3. The van der Waals surface area contributed by atoms with Crippen molar-refractivity contribution in [2.45, 2.75) is 6.42 Å². The van der Waals surface area contributed by atoms with Gasteiger partial charge in [0.1, 0.15) is 5.82 Å². The van der Waals surface area contributed by atoms with Gasteiger partial charge in [-0.25, -0.2) is 9.18 Å². The summed E-state index contributed by atoms with van der Waals surface area (Å²) < 4.78 is 16.9. The Morgan fingerprint density at radius 3 is 2.56 bits per heavy atom. The molecule has 4 nitrogen and oxygen atoms in total. The first-order chi connectivity index (χ1) is 7.54. The van der Waals surface area contributed by atoms with Crippen molar-refractivity contribution in [3.63, 3.8) is 0 Å². The molecule has 0 unspecified atom stereocenters. The van der Waals surface area contributed by atoms with Crippen molar-refractivity contribution in [2.24, 2.45) is 0 Å². The van der Waals surface area contributed by atoms with E-state index in [1.54, 1.807) is 0 Å². The summed E-state index contributed by atoms with van der Waals surface area (Å²) in [5, 5.41) is 0. The highest BCUT2D eigenvalue weighted by molar-refractivity contribution is 6.38. The summed E-state index contributed by atoms with van der Waals surface area (Å²) in [6.07, 6.45) is -0.615. The summed E-state index contributed by atoms with van der Waals surface area (Å²) in [5.74, 6) is -3.22. The highest BCUT2D eigenvalue weighted by Crippen LogP contribution is 2.07. The Labute approximate surface area is 91.0 Å². The molecule has 0 N–H and O–H groups in total. The van der Waals surface area contributed by atoms with Crippen molar-refractivity contribution >= 4 is 17.5 Å². The standard InChI is InChI=1S/C11H9FO4/c1-16-11(15)10(14)6-9(13)7-3-2-4-8(12)5-7/h2-5H,6H2,1H3. The van der Waals surface area contributed by atoms with Crippen molar-refractivity contribution in [3.05, 3.63) is 35.6 Å². The lowest BCUT2D eigenvalue weighted by molar-refractivity contribution is -0.151. The summed E-state index contributed by atoms with van der Waals surface area (Å²) in [6.45, 7) is 0. The Kier molecular flexibility index (Phi) is 3.88. The van der Waals surface area contributed by atoms with E-state index in [2.05, 4.69) is 4.74 Å². The molecule has 0 saturated carbocycles. The molecule has 1 aromatic rings. The van der Waals surface area contributed by atoms with E-state index in [1.165, 1.54) is 18.2 Å². The van der Waals surface area contributed by atoms with Gasteiger partial charge in [0.25, 0.3) is 0 Å². The quantitative estimate of drug-likeness (QED) is 0.333. The van der Waals surface area contributed by atoms with Gasteiger partial charge in [0.05, 0.1) is 13.5 Å². The number of carbonyl (C=O) groups is 3. The van der Waals surface area contributed by atoms with Crippen LogP contribution in [0.1, 0.15) is 16.8 Å². The van der Waals surface area contributed by atoms with E-state index in [0.29, 0.717) is 0 Å². The molecule has 1 aromatic carbocycles. The summed E-state index contributed by atoms with van der Waals surface area (Å²) in [7, 11) is 1.05. The van der Waals surface area contributed by atoms with E-state index < -0.39 is 29.8 Å². The number of ketones is 2. The molecule has 0 aliphatic carbocycles. The molecular formula is C11H9FO4. The summed E-state index contributed by atoms with van der Waals surface area (Å²) in [4.78, 5) is 33.2. The second-order valence-electron chi connectivity index (χ2n) is 3.03. The van der Waals surface area contributed by atoms with Gasteiger partial charge in [-0.3, -0.25) is 9.59 Å². The van der Waals surface area contributed by atoms with Gasteiger partial charge in [0.2, 0.25) is 5.78 Å². The maximum absolute atomic E-state index is 12.8. The lowest BCUT2D eigenvalue weighted by Crippen LogP contribution is -2.19. The first kappa shape index (κ1) is 12.0. The van der Waals surface area contributed by atoms with Gasteiger partial charge in [-0.15, -0.1) is 0 Å². The Morgan fingerprint density at radius 2 is 2.00 bits per heavy atom. The number of hydrogen-bond acceptors (Lipinski definition) is 4. The predicted octanol–water partition coefficient (Wildman–Crippen LogP) is 1.14. The van der Waals surface area contributed by atoms with Gasteiger partial charge in [-0.1, -0.05) is 12.1 Å². The topological polar surface area (TPSA) is 60.4 Å². The maximum Gasteiger partial charge on any atom is 0.374 e. The number of halogens is 1. The molecule has 0 amide bonds. The molecule has 0 bridgehead atoms. The number of Topliss-reactive ketones (excluding diaryl/α,β-unsaturated/α-hetero) is 2. The van der Waals surface area contributed by atoms with Crippen LogP contribution in [0.4, 0.5) is 4.39 Å². The van der Waals surface area contributed by atoms with Gasteiger partial charge in [0.15, 0.2) is 5.78 Å². The third-order valence-corrected chi connectivity index (χ3v) is 1.88. The number of hydrogen-bond donors (Lipinski definition) is 0. The molecule has 0 aliphatic heterocycles. The molecular weight excluding hydrogens is 215 g/mol. The lowest BCUT2D eigenvalue weighted by atomic mass is 10.1. The molecule has 84 valence electrons. The van der Waals surface area contributed by atoms with Crippen LogP contribution in [-0.4, -0.2) is 24.6 Å². The fourth-order valence-electron chi connectivity index (χ4n) is 1.10. The van der Waals surface area contributed by atoms with Crippen molar-refractivity contribution in [3.8, 4) is 0 Å². The van der Waals surface area contributed by atoms with Gasteiger partial charge in [0, 0.05) is 5.56 Å². The Balaban J connectivity index is 2.73. The Bertz CT molecular complexity index is 439. The highest BCUT2D eigenvalue weighted by Gasteiger charge is 2.19. The van der Waals surface area contributed by atoms with E-state index in [9.17, 15) is 18.8 Å².